The van der Waals surface area contributed by atoms with Gasteiger partial charge in [-0.2, -0.15) is 0 Å². The predicted molar refractivity (Wildman–Crippen MR) is 237 cm³/mol. The fourth-order valence-corrected chi connectivity index (χ4v) is 7.87. The van der Waals surface area contributed by atoms with Gasteiger partial charge in [-0.05, 0) is 51.0 Å². The first-order chi connectivity index (χ1) is 28.5. The molecule has 61 heavy (non-hydrogen) atoms. The van der Waals surface area contributed by atoms with Crippen LogP contribution in [0, 0.1) is 17.8 Å². The SMILES string of the molecule is CCC(C)C(C(CC(=O)N1CCC[C@H]1C(OC)C(C)C(=O)NC(Cc1ccccc1)C(=O)O)OC)N(C)C(=O)C(/N=C(/N(C)C)N(C)CCN(C)C(=O)OC(C)(C)C)C(C)C. The summed E-state index contributed by atoms with van der Waals surface area (Å²) in [6.45, 7) is 16.4. The van der Waals surface area contributed by atoms with E-state index in [9.17, 15) is 29.1 Å². The van der Waals surface area contributed by atoms with Crippen molar-refractivity contribution >= 4 is 35.7 Å². The fraction of sp³-hybridized carbons (Fsp3) is 0.733. The molecule has 0 aromatic heterocycles. The van der Waals surface area contributed by atoms with Crippen molar-refractivity contribution in [3.05, 3.63) is 35.9 Å². The Morgan fingerprint density at radius 2 is 1.54 bits per heavy atom. The first-order valence-corrected chi connectivity index (χ1v) is 21.6. The lowest BCUT2D eigenvalue weighted by Gasteiger charge is -2.40. The Kier molecular flexibility index (Phi) is 21.0. The number of ether oxygens (including phenoxy) is 3. The third-order valence-electron chi connectivity index (χ3n) is 11.5. The number of benzene rings is 1. The molecule has 2 rings (SSSR count). The summed E-state index contributed by atoms with van der Waals surface area (Å²) in [7, 11) is 12.1. The molecule has 1 aliphatic heterocycles. The number of nitrogens with zero attached hydrogens (tertiary/aromatic N) is 6. The highest BCUT2D eigenvalue weighted by atomic mass is 16.6. The summed E-state index contributed by atoms with van der Waals surface area (Å²) in [6, 6.07) is 6.30. The van der Waals surface area contributed by atoms with Crippen LogP contribution >= 0.6 is 0 Å². The number of likely N-dealkylation sites (N-methyl/N-ethyl adjacent to an activating group) is 3. The Hall–Kier alpha value is -4.44. The Morgan fingerprint density at radius 1 is 0.934 bits per heavy atom. The maximum Gasteiger partial charge on any atom is 0.410 e. The molecule has 4 amide bonds. The molecule has 0 saturated carbocycles. The van der Waals surface area contributed by atoms with Crippen LogP contribution in [0.3, 0.4) is 0 Å². The molecule has 0 spiro atoms. The molecule has 1 aromatic rings. The number of carboxylic acid groups (broad SMARTS) is 1. The summed E-state index contributed by atoms with van der Waals surface area (Å²) in [5, 5.41) is 12.6. The van der Waals surface area contributed by atoms with Crippen molar-refractivity contribution in [3.63, 3.8) is 0 Å². The molecule has 0 bridgehead atoms. The second-order valence-corrected chi connectivity index (χ2v) is 18.0. The van der Waals surface area contributed by atoms with Crippen LogP contribution in [-0.4, -0.2) is 176 Å². The van der Waals surface area contributed by atoms with E-state index in [-0.39, 0.29) is 36.5 Å². The number of carbonyl (C=O) groups is 5. The van der Waals surface area contributed by atoms with Crippen LogP contribution in [0.25, 0.3) is 0 Å². The van der Waals surface area contributed by atoms with Gasteiger partial charge in [0.2, 0.25) is 17.7 Å². The second kappa shape index (κ2) is 24.3. The molecule has 16 heteroatoms. The Balaban J connectivity index is 2.31. The van der Waals surface area contributed by atoms with Crippen LogP contribution in [0.1, 0.15) is 86.6 Å². The summed E-state index contributed by atoms with van der Waals surface area (Å²) in [4.78, 5) is 80.9. The Labute approximate surface area is 365 Å². The van der Waals surface area contributed by atoms with E-state index in [0.29, 0.717) is 38.4 Å². The zero-order valence-electron chi connectivity index (χ0n) is 39.6. The van der Waals surface area contributed by atoms with Gasteiger partial charge in [0.1, 0.15) is 17.7 Å². The lowest BCUT2D eigenvalue weighted by Crippen LogP contribution is -2.55. The highest BCUT2D eigenvalue weighted by Crippen LogP contribution is 2.30. The molecular formula is C45H77N7O9. The normalized spacial score (nSPS) is 18.0. The number of carboxylic acids is 1. The predicted octanol–water partition coefficient (Wildman–Crippen LogP) is 4.46. The van der Waals surface area contributed by atoms with E-state index >= 15 is 0 Å². The van der Waals surface area contributed by atoms with Gasteiger partial charge in [0.25, 0.3) is 0 Å². The van der Waals surface area contributed by atoms with E-state index in [1.165, 1.54) is 12.0 Å². The van der Waals surface area contributed by atoms with Crippen molar-refractivity contribution < 1.29 is 43.3 Å². The van der Waals surface area contributed by atoms with Gasteiger partial charge in [0.15, 0.2) is 5.96 Å². The molecular weight excluding hydrogens is 783 g/mol. The first kappa shape index (κ1) is 52.7. The molecule has 1 fully saturated rings. The number of guanidine groups is 1. The van der Waals surface area contributed by atoms with E-state index in [4.69, 9.17) is 19.2 Å². The minimum absolute atomic E-state index is 0.0126. The zero-order chi connectivity index (χ0) is 46.4. The summed E-state index contributed by atoms with van der Waals surface area (Å²) < 4.78 is 17.5. The van der Waals surface area contributed by atoms with Crippen molar-refractivity contribution in [2.45, 2.75) is 129 Å². The molecule has 1 aliphatic rings. The van der Waals surface area contributed by atoms with E-state index in [1.807, 2.05) is 110 Å². The Morgan fingerprint density at radius 3 is 2.05 bits per heavy atom. The molecule has 8 atom stereocenters. The summed E-state index contributed by atoms with van der Waals surface area (Å²) >= 11 is 0. The number of aliphatic carboxylic acids is 1. The van der Waals surface area contributed by atoms with Gasteiger partial charge in [0, 0.05) is 75.5 Å². The second-order valence-electron chi connectivity index (χ2n) is 18.0. The van der Waals surface area contributed by atoms with Gasteiger partial charge < -0.3 is 49.1 Å². The number of nitrogens with one attached hydrogen (secondary N) is 1. The molecule has 1 aromatic carbocycles. The number of methoxy groups -OCH3 is 2. The number of carbonyl (C=O) groups excluding carboxylic acids is 4. The van der Waals surface area contributed by atoms with Crippen LogP contribution in [0.2, 0.25) is 0 Å². The van der Waals surface area contributed by atoms with Gasteiger partial charge in [-0.3, -0.25) is 14.4 Å². The highest BCUT2D eigenvalue weighted by Gasteiger charge is 2.43. The van der Waals surface area contributed by atoms with E-state index in [1.54, 1.807) is 37.9 Å². The van der Waals surface area contributed by atoms with Gasteiger partial charge >= 0.3 is 12.1 Å². The zero-order valence-corrected chi connectivity index (χ0v) is 39.6. The van der Waals surface area contributed by atoms with Crippen LogP contribution in [-0.2, 0) is 39.8 Å². The minimum Gasteiger partial charge on any atom is -0.480 e. The number of hydrogen-bond acceptors (Lipinski definition) is 9. The number of amides is 4. The largest absolute Gasteiger partial charge is 0.480 e. The number of hydrogen-bond donors (Lipinski definition) is 2. The number of rotatable bonds is 21. The third kappa shape index (κ3) is 15.5. The summed E-state index contributed by atoms with van der Waals surface area (Å²) in [5.74, 6) is -2.43. The van der Waals surface area contributed by atoms with Crippen molar-refractivity contribution in [1.82, 2.24) is 29.8 Å². The van der Waals surface area contributed by atoms with Gasteiger partial charge in [-0.1, -0.05) is 71.4 Å². The lowest BCUT2D eigenvalue weighted by atomic mass is 9.89. The number of aliphatic imine (C=N–C) groups is 1. The van der Waals surface area contributed by atoms with Crippen LogP contribution in [0.5, 0.6) is 0 Å². The molecule has 1 heterocycles. The standard InChI is InChI=1S/C45H77N7O9/c1-16-30(4)38(51(13)41(55)37(29(2)3)47-43(48(9)10)49(11)25-26-50(12)44(58)61-45(6,7)8)35(59-14)28-36(53)52-24-20-23-34(52)39(60-15)31(5)40(54)46-33(42(56)57)27-32-21-18-17-19-22-32/h17-19,21-22,29-31,33-35,37-39H,16,20,23-28H2,1-15H3,(H,46,54)(H,56,57)/b47-43-/t30?,31?,33?,34-,35?,37?,38?,39?/m0/s1. The lowest BCUT2D eigenvalue weighted by molar-refractivity contribution is -0.147. The maximum absolute atomic E-state index is 14.6. The smallest absolute Gasteiger partial charge is 0.410 e. The molecule has 0 radical (unpaired) electrons. The van der Waals surface area contributed by atoms with Crippen LogP contribution in [0.4, 0.5) is 4.79 Å². The average Bonchev–Trinajstić information content (AvgIpc) is 3.68. The highest BCUT2D eigenvalue weighted by molar-refractivity contribution is 5.88. The first-order valence-electron chi connectivity index (χ1n) is 21.6. The van der Waals surface area contributed by atoms with Crippen molar-refractivity contribution in [2.75, 3.05) is 69.1 Å². The maximum atomic E-state index is 14.6. The fourth-order valence-electron chi connectivity index (χ4n) is 7.87. The minimum atomic E-state index is -1.14. The third-order valence-corrected chi connectivity index (χ3v) is 11.5. The molecule has 16 nitrogen and oxygen atoms in total. The van der Waals surface area contributed by atoms with Gasteiger partial charge in [-0.15, -0.1) is 0 Å². The molecule has 1 saturated heterocycles. The van der Waals surface area contributed by atoms with E-state index in [2.05, 4.69) is 5.32 Å². The Bertz CT molecular complexity index is 1600. The monoisotopic (exact) mass is 860 g/mol. The molecule has 346 valence electrons. The van der Waals surface area contributed by atoms with Crippen molar-refractivity contribution in [3.8, 4) is 0 Å². The summed E-state index contributed by atoms with van der Waals surface area (Å²) in [5.41, 5.74) is 0.165. The van der Waals surface area contributed by atoms with E-state index in [0.717, 1.165) is 12.0 Å². The quantitative estimate of drug-likeness (QED) is 0.132. The van der Waals surface area contributed by atoms with Crippen molar-refractivity contribution in [2.24, 2.45) is 22.7 Å². The number of likely N-dealkylation sites (tertiary alicyclic amines) is 1. The van der Waals surface area contributed by atoms with Crippen LogP contribution < -0.4 is 5.32 Å². The molecule has 0 aliphatic carbocycles. The topological polar surface area (TPSA) is 174 Å². The molecule has 7 unspecified atom stereocenters. The van der Waals surface area contributed by atoms with Crippen LogP contribution in [0.15, 0.2) is 35.3 Å². The summed E-state index contributed by atoms with van der Waals surface area (Å²) in [6.07, 6.45) is 0.355. The molecule has 2 N–H and O–H groups in total. The average molecular weight is 860 g/mol. The van der Waals surface area contributed by atoms with E-state index < -0.39 is 65.9 Å². The van der Waals surface area contributed by atoms with Gasteiger partial charge in [0.05, 0.1) is 36.6 Å². The van der Waals surface area contributed by atoms with Crippen molar-refractivity contribution in [1.29, 1.82) is 0 Å². The van der Waals surface area contributed by atoms with Gasteiger partial charge in [-0.25, -0.2) is 14.6 Å².